The summed E-state index contributed by atoms with van der Waals surface area (Å²) in [6.45, 7) is 1.69. The van der Waals surface area contributed by atoms with Crippen molar-refractivity contribution >= 4 is 17.8 Å². The molecule has 7 heteroatoms. The summed E-state index contributed by atoms with van der Waals surface area (Å²) in [5, 5.41) is 30.1. The van der Waals surface area contributed by atoms with Gasteiger partial charge in [0.25, 0.3) is 0 Å². The van der Waals surface area contributed by atoms with Crippen LogP contribution in [0.25, 0.3) is 6.08 Å². The highest BCUT2D eigenvalue weighted by molar-refractivity contribution is 5.97. The van der Waals surface area contributed by atoms with Crippen LogP contribution in [0.4, 0.5) is 0 Å². The summed E-state index contributed by atoms with van der Waals surface area (Å²) in [5.74, 6) is -1.05. The van der Waals surface area contributed by atoms with Gasteiger partial charge in [-0.05, 0) is 37.8 Å². The highest BCUT2D eigenvalue weighted by Gasteiger charge is 2.25. The SMILES string of the molecule is COc1cc(O)c2c(c1)/C=C\C[C@H](O)[C@H](O)C(=O)CCC[C@H](C)OC2=O. The minimum atomic E-state index is -1.46. The molecule has 26 heavy (non-hydrogen) atoms. The Balaban J connectivity index is 2.41. The standard InChI is InChI=1S/C19H24O7/c1-11-5-3-7-14(20)18(23)15(21)8-4-6-12-9-13(25-2)10-16(22)17(12)19(24)26-11/h4,6,9-11,15,18,21-23H,3,5,7-8H2,1-2H3/b6-4-/t11-,15-,18+/m0/s1. The van der Waals surface area contributed by atoms with Crippen molar-refractivity contribution in [2.75, 3.05) is 7.11 Å². The van der Waals surface area contributed by atoms with E-state index < -0.39 is 30.1 Å². The second-order valence-corrected chi connectivity index (χ2v) is 6.34. The predicted octanol–water partition coefficient (Wildman–Crippen LogP) is 1.82. The Morgan fingerprint density at radius 1 is 1.23 bits per heavy atom. The average molecular weight is 364 g/mol. The molecule has 0 saturated heterocycles. The normalized spacial score (nSPS) is 26.4. The van der Waals surface area contributed by atoms with Crippen molar-refractivity contribution in [3.05, 3.63) is 29.3 Å². The van der Waals surface area contributed by atoms with Crippen molar-refractivity contribution in [2.45, 2.75) is 50.9 Å². The molecule has 0 aromatic heterocycles. The molecule has 0 unspecified atom stereocenters. The fourth-order valence-electron chi connectivity index (χ4n) is 2.78. The molecule has 0 fully saturated rings. The number of ketones is 1. The van der Waals surface area contributed by atoms with E-state index in [4.69, 9.17) is 9.47 Å². The van der Waals surface area contributed by atoms with Gasteiger partial charge in [0.2, 0.25) is 0 Å². The number of phenolic OH excluding ortho intramolecular Hbond substituents is 1. The number of hydrogen-bond acceptors (Lipinski definition) is 7. The van der Waals surface area contributed by atoms with Gasteiger partial charge in [-0.25, -0.2) is 4.79 Å². The molecule has 142 valence electrons. The number of cyclic esters (lactones) is 1. The average Bonchev–Trinajstić information content (AvgIpc) is 2.59. The molecule has 1 aromatic rings. The molecule has 0 aliphatic carbocycles. The zero-order valence-electron chi connectivity index (χ0n) is 14.8. The van der Waals surface area contributed by atoms with Crippen LogP contribution in [0.15, 0.2) is 18.2 Å². The van der Waals surface area contributed by atoms with Crippen molar-refractivity contribution in [2.24, 2.45) is 0 Å². The van der Waals surface area contributed by atoms with Gasteiger partial charge in [0, 0.05) is 12.5 Å². The minimum Gasteiger partial charge on any atom is -0.507 e. The Morgan fingerprint density at radius 2 is 1.96 bits per heavy atom. The number of carbonyl (C=O) groups excluding carboxylic acids is 2. The Bertz CT molecular complexity index is 695. The maximum atomic E-state index is 12.5. The van der Waals surface area contributed by atoms with Gasteiger partial charge in [0.05, 0.1) is 19.3 Å². The lowest BCUT2D eigenvalue weighted by Crippen LogP contribution is -2.33. The first-order chi connectivity index (χ1) is 12.3. The number of hydrogen-bond donors (Lipinski definition) is 3. The fraction of sp³-hybridized carbons (Fsp3) is 0.474. The third-order valence-electron chi connectivity index (χ3n) is 4.27. The Kier molecular flexibility index (Phi) is 6.76. The van der Waals surface area contributed by atoms with Gasteiger partial charge in [-0.2, -0.15) is 0 Å². The first-order valence-electron chi connectivity index (χ1n) is 8.50. The second-order valence-electron chi connectivity index (χ2n) is 6.34. The van der Waals surface area contributed by atoms with Crippen LogP contribution in [0.1, 0.15) is 48.5 Å². The molecule has 7 nitrogen and oxygen atoms in total. The zero-order valence-corrected chi connectivity index (χ0v) is 14.8. The number of benzene rings is 1. The maximum Gasteiger partial charge on any atom is 0.342 e. The van der Waals surface area contributed by atoms with Crippen LogP contribution in [0.3, 0.4) is 0 Å². The van der Waals surface area contributed by atoms with Crippen molar-refractivity contribution in [3.63, 3.8) is 0 Å². The lowest BCUT2D eigenvalue weighted by atomic mass is 9.99. The zero-order chi connectivity index (χ0) is 19.3. The fourth-order valence-corrected chi connectivity index (χ4v) is 2.78. The lowest BCUT2D eigenvalue weighted by molar-refractivity contribution is -0.132. The van der Waals surface area contributed by atoms with Crippen molar-refractivity contribution < 1.29 is 34.4 Å². The number of fused-ring (bicyclic) bond motifs is 1. The summed E-state index contributed by atoms with van der Waals surface area (Å²) in [4.78, 5) is 24.4. The number of aliphatic hydroxyl groups excluding tert-OH is 2. The van der Waals surface area contributed by atoms with Gasteiger partial charge in [-0.1, -0.05) is 12.2 Å². The lowest BCUT2D eigenvalue weighted by Gasteiger charge is -2.18. The van der Waals surface area contributed by atoms with E-state index in [9.17, 15) is 24.9 Å². The van der Waals surface area contributed by atoms with E-state index in [1.54, 1.807) is 13.0 Å². The van der Waals surface area contributed by atoms with Crippen LogP contribution >= 0.6 is 0 Å². The molecular weight excluding hydrogens is 340 g/mol. The molecule has 1 heterocycles. The molecule has 3 N–H and O–H groups in total. The molecule has 0 amide bonds. The molecule has 0 saturated carbocycles. The predicted molar refractivity (Wildman–Crippen MR) is 94.1 cm³/mol. The minimum absolute atomic E-state index is 0.00271. The number of rotatable bonds is 1. The third kappa shape index (κ3) is 4.83. The van der Waals surface area contributed by atoms with Crippen LogP contribution in [-0.2, 0) is 9.53 Å². The number of carbonyl (C=O) groups is 2. The third-order valence-corrected chi connectivity index (χ3v) is 4.27. The highest BCUT2D eigenvalue weighted by atomic mass is 16.5. The van der Waals surface area contributed by atoms with Crippen LogP contribution in [0.5, 0.6) is 11.5 Å². The van der Waals surface area contributed by atoms with E-state index in [0.29, 0.717) is 24.2 Å². The van der Waals surface area contributed by atoms with Crippen LogP contribution in [0, 0.1) is 0 Å². The van der Waals surface area contributed by atoms with Crippen LogP contribution in [-0.4, -0.2) is 52.5 Å². The summed E-state index contributed by atoms with van der Waals surface area (Å²) in [7, 11) is 1.43. The van der Waals surface area contributed by atoms with E-state index in [0.717, 1.165) is 0 Å². The number of aromatic hydroxyl groups is 1. The first kappa shape index (κ1) is 19.9. The molecule has 1 aliphatic rings. The molecule has 0 radical (unpaired) electrons. The second kappa shape index (κ2) is 8.82. The Hall–Kier alpha value is -2.38. The Morgan fingerprint density at radius 3 is 2.65 bits per heavy atom. The topological polar surface area (TPSA) is 113 Å². The molecule has 0 bridgehead atoms. The van der Waals surface area contributed by atoms with Crippen LogP contribution < -0.4 is 4.74 Å². The van der Waals surface area contributed by atoms with Crippen molar-refractivity contribution in [1.82, 2.24) is 0 Å². The Labute approximate surface area is 151 Å². The number of methoxy groups -OCH3 is 1. The summed E-state index contributed by atoms with van der Waals surface area (Å²) in [6, 6.07) is 2.87. The quantitative estimate of drug-likeness (QED) is 0.652. The summed E-state index contributed by atoms with van der Waals surface area (Å²) in [6.07, 6.45) is 0.776. The monoisotopic (exact) mass is 364 g/mol. The number of phenols is 1. The molecule has 1 aromatic carbocycles. The first-order valence-corrected chi connectivity index (χ1v) is 8.50. The summed E-state index contributed by atoms with van der Waals surface area (Å²) < 4.78 is 10.5. The van der Waals surface area contributed by atoms with Crippen LogP contribution in [0.2, 0.25) is 0 Å². The maximum absolute atomic E-state index is 12.5. The highest BCUT2D eigenvalue weighted by Crippen LogP contribution is 2.30. The van der Waals surface area contributed by atoms with Gasteiger partial charge >= 0.3 is 5.97 Å². The molecule has 1 aliphatic heterocycles. The number of aliphatic hydroxyl groups is 2. The van der Waals surface area contributed by atoms with Gasteiger partial charge in [0.1, 0.15) is 23.2 Å². The van der Waals surface area contributed by atoms with Gasteiger partial charge < -0.3 is 24.8 Å². The van der Waals surface area contributed by atoms with Gasteiger partial charge in [-0.3, -0.25) is 4.79 Å². The molecule has 3 atom stereocenters. The van der Waals surface area contributed by atoms with Crippen molar-refractivity contribution in [3.8, 4) is 11.5 Å². The van der Waals surface area contributed by atoms with E-state index >= 15 is 0 Å². The van der Waals surface area contributed by atoms with E-state index in [1.807, 2.05) is 0 Å². The smallest absolute Gasteiger partial charge is 0.342 e. The van der Waals surface area contributed by atoms with Gasteiger partial charge in [0.15, 0.2) is 5.78 Å². The molecule has 0 spiro atoms. The van der Waals surface area contributed by atoms with E-state index in [-0.39, 0.29) is 24.2 Å². The number of esters is 1. The van der Waals surface area contributed by atoms with E-state index in [2.05, 4.69) is 0 Å². The molecular formula is C19H24O7. The largest absolute Gasteiger partial charge is 0.507 e. The number of ether oxygens (including phenoxy) is 2. The van der Waals surface area contributed by atoms with Gasteiger partial charge in [-0.15, -0.1) is 0 Å². The van der Waals surface area contributed by atoms with E-state index in [1.165, 1.54) is 25.3 Å². The summed E-state index contributed by atoms with van der Waals surface area (Å²) in [5.41, 5.74) is 0.348. The summed E-state index contributed by atoms with van der Waals surface area (Å²) >= 11 is 0. The van der Waals surface area contributed by atoms with Crippen molar-refractivity contribution in [1.29, 1.82) is 0 Å². The molecule has 2 rings (SSSR count). The number of Topliss-reactive ketones (excluding diaryl/α,β-unsaturated/α-hetero) is 1.